The lowest BCUT2D eigenvalue weighted by molar-refractivity contribution is 0.0697. The lowest BCUT2D eigenvalue weighted by Crippen LogP contribution is -2.03. The van der Waals surface area contributed by atoms with Gasteiger partial charge in [0.1, 0.15) is 5.75 Å². The van der Waals surface area contributed by atoms with Crippen LogP contribution in [-0.4, -0.2) is 23.2 Å². The minimum absolute atomic E-state index is 0.207. The van der Waals surface area contributed by atoms with Crippen LogP contribution < -0.4 is 4.74 Å². The van der Waals surface area contributed by atoms with Gasteiger partial charge in [-0.1, -0.05) is 18.2 Å². The Balaban J connectivity index is 2.18. The second-order valence-corrected chi connectivity index (χ2v) is 4.93. The van der Waals surface area contributed by atoms with Crippen LogP contribution in [0, 0.1) is 0 Å². The van der Waals surface area contributed by atoms with Crippen molar-refractivity contribution in [3.05, 3.63) is 47.8 Å². The van der Waals surface area contributed by atoms with E-state index in [-0.39, 0.29) is 5.56 Å². The van der Waals surface area contributed by atoms with Crippen LogP contribution >= 0.6 is 0 Å². The van der Waals surface area contributed by atoms with Crippen LogP contribution in [0.25, 0.3) is 11.1 Å². The summed E-state index contributed by atoms with van der Waals surface area (Å²) in [7, 11) is 1.59. The van der Waals surface area contributed by atoms with Crippen LogP contribution in [0.1, 0.15) is 34.8 Å². The Morgan fingerprint density at radius 1 is 1.30 bits per heavy atom. The average molecular weight is 269 g/mol. The van der Waals surface area contributed by atoms with E-state index in [1.54, 1.807) is 7.11 Å². The average Bonchev–Trinajstić information content (AvgIpc) is 3.31. The zero-order valence-corrected chi connectivity index (χ0v) is 11.2. The first-order chi connectivity index (χ1) is 9.70. The molecule has 1 N–H and O–H groups in total. The maximum Gasteiger partial charge on any atom is 0.337 e. The third-order valence-corrected chi connectivity index (χ3v) is 3.55. The van der Waals surface area contributed by atoms with E-state index in [0.29, 0.717) is 17.2 Å². The fraction of sp³-hybridized carbons (Fsp3) is 0.250. The lowest BCUT2D eigenvalue weighted by atomic mass is 9.99. The fourth-order valence-electron chi connectivity index (χ4n) is 2.33. The van der Waals surface area contributed by atoms with Crippen LogP contribution in [0.15, 0.2) is 36.5 Å². The second kappa shape index (κ2) is 4.96. The van der Waals surface area contributed by atoms with Gasteiger partial charge in [0, 0.05) is 28.9 Å². The van der Waals surface area contributed by atoms with Crippen molar-refractivity contribution in [2.75, 3.05) is 7.11 Å². The molecule has 0 amide bonds. The molecular weight excluding hydrogens is 254 g/mol. The van der Waals surface area contributed by atoms with Crippen molar-refractivity contribution in [1.82, 2.24) is 4.98 Å². The number of carbonyl (C=O) groups is 1. The Hall–Kier alpha value is -2.36. The molecule has 1 heterocycles. The molecule has 0 unspecified atom stereocenters. The number of carboxylic acids is 1. The zero-order chi connectivity index (χ0) is 14.1. The first kappa shape index (κ1) is 12.7. The summed E-state index contributed by atoms with van der Waals surface area (Å²) in [5.74, 6) is 0.176. The van der Waals surface area contributed by atoms with Crippen LogP contribution in [-0.2, 0) is 0 Å². The molecular formula is C16H15NO3. The number of nitrogens with zero attached hydrogens (tertiary/aromatic N) is 1. The molecule has 1 aliphatic rings. The molecule has 4 nitrogen and oxygen atoms in total. The Morgan fingerprint density at radius 3 is 2.70 bits per heavy atom. The maximum atomic E-state index is 11.4. The molecule has 0 spiro atoms. The van der Waals surface area contributed by atoms with E-state index in [1.807, 2.05) is 30.3 Å². The van der Waals surface area contributed by atoms with E-state index in [2.05, 4.69) is 4.98 Å². The molecule has 102 valence electrons. The quantitative estimate of drug-likeness (QED) is 0.924. The molecule has 0 aliphatic heterocycles. The molecule has 4 heteroatoms. The Bertz CT molecular complexity index is 663. The van der Waals surface area contributed by atoms with E-state index in [4.69, 9.17) is 4.74 Å². The summed E-state index contributed by atoms with van der Waals surface area (Å²) in [4.78, 5) is 15.7. The monoisotopic (exact) mass is 269 g/mol. The van der Waals surface area contributed by atoms with Gasteiger partial charge < -0.3 is 9.84 Å². The van der Waals surface area contributed by atoms with Gasteiger partial charge >= 0.3 is 5.97 Å². The van der Waals surface area contributed by atoms with Crippen LogP contribution in [0.5, 0.6) is 5.75 Å². The van der Waals surface area contributed by atoms with Gasteiger partial charge in [-0.15, -0.1) is 0 Å². The molecule has 2 aromatic rings. The molecule has 0 saturated heterocycles. The standard InChI is InChI=1S/C16H15NO3/c1-20-15-5-3-2-4-11(15)12-8-14(10-6-7-10)17-9-13(12)16(18)19/h2-5,8-10H,6-7H2,1H3,(H,18,19). The van der Waals surface area contributed by atoms with Gasteiger partial charge in [-0.05, 0) is 25.0 Å². The lowest BCUT2D eigenvalue weighted by Gasteiger charge is -2.12. The summed E-state index contributed by atoms with van der Waals surface area (Å²) in [6.45, 7) is 0. The highest BCUT2D eigenvalue weighted by Crippen LogP contribution is 2.41. The molecule has 0 radical (unpaired) electrons. The van der Waals surface area contributed by atoms with Gasteiger partial charge in [-0.3, -0.25) is 4.98 Å². The first-order valence-electron chi connectivity index (χ1n) is 6.57. The Labute approximate surface area is 117 Å². The van der Waals surface area contributed by atoms with Crippen molar-refractivity contribution in [3.8, 4) is 16.9 Å². The van der Waals surface area contributed by atoms with E-state index in [9.17, 15) is 9.90 Å². The third-order valence-electron chi connectivity index (χ3n) is 3.55. The minimum Gasteiger partial charge on any atom is -0.496 e. The van der Waals surface area contributed by atoms with Gasteiger partial charge in [-0.2, -0.15) is 0 Å². The first-order valence-corrected chi connectivity index (χ1v) is 6.57. The molecule has 1 aliphatic carbocycles. The van der Waals surface area contributed by atoms with E-state index in [0.717, 1.165) is 24.1 Å². The topological polar surface area (TPSA) is 59.4 Å². The highest BCUT2D eigenvalue weighted by atomic mass is 16.5. The van der Waals surface area contributed by atoms with Crippen molar-refractivity contribution >= 4 is 5.97 Å². The fourth-order valence-corrected chi connectivity index (χ4v) is 2.33. The summed E-state index contributed by atoms with van der Waals surface area (Å²) < 4.78 is 5.34. The normalized spacial score (nSPS) is 14.1. The molecule has 1 aromatic carbocycles. The SMILES string of the molecule is COc1ccccc1-c1cc(C2CC2)ncc1C(=O)O. The number of pyridine rings is 1. The molecule has 3 rings (SSSR count). The molecule has 20 heavy (non-hydrogen) atoms. The molecule has 1 fully saturated rings. The van der Waals surface area contributed by atoms with E-state index < -0.39 is 5.97 Å². The molecule has 1 aromatic heterocycles. The second-order valence-electron chi connectivity index (χ2n) is 4.93. The number of rotatable bonds is 4. The van der Waals surface area contributed by atoms with Crippen molar-refractivity contribution in [2.24, 2.45) is 0 Å². The number of ether oxygens (including phenoxy) is 1. The summed E-state index contributed by atoms with van der Waals surface area (Å²) in [6.07, 6.45) is 3.72. The summed E-state index contributed by atoms with van der Waals surface area (Å²) >= 11 is 0. The summed E-state index contributed by atoms with van der Waals surface area (Å²) in [6, 6.07) is 9.33. The highest BCUT2D eigenvalue weighted by molar-refractivity contribution is 5.96. The number of benzene rings is 1. The number of aromatic nitrogens is 1. The number of methoxy groups -OCH3 is 1. The van der Waals surface area contributed by atoms with Crippen LogP contribution in [0.3, 0.4) is 0 Å². The largest absolute Gasteiger partial charge is 0.496 e. The van der Waals surface area contributed by atoms with Gasteiger partial charge in [0.15, 0.2) is 0 Å². The van der Waals surface area contributed by atoms with E-state index in [1.165, 1.54) is 6.20 Å². The predicted octanol–water partition coefficient (Wildman–Crippen LogP) is 3.33. The van der Waals surface area contributed by atoms with Crippen molar-refractivity contribution in [1.29, 1.82) is 0 Å². The van der Waals surface area contributed by atoms with Crippen molar-refractivity contribution < 1.29 is 14.6 Å². The predicted molar refractivity (Wildman–Crippen MR) is 75.2 cm³/mol. The van der Waals surface area contributed by atoms with E-state index >= 15 is 0 Å². The van der Waals surface area contributed by atoms with Gasteiger partial charge in [0.25, 0.3) is 0 Å². The third kappa shape index (κ3) is 2.25. The summed E-state index contributed by atoms with van der Waals surface area (Å²) in [5, 5.41) is 9.35. The molecule has 1 saturated carbocycles. The number of carboxylic acid groups (broad SMARTS) is 1. The van der Waals surface area contributed by atoms with Crippen LogP contribution in [0.4, 0.5) is 0 Å². The van der Waals surface area contributed by atoms with Crippen molar-refractivity contribution in [3.63, 3.8) is 0 Å². The Kier molecular flexibility index (Phi) is 3.14. The maximum absolute atomic E-state index is 11.4. The zero-order valence-electron chi connectivity index (χ0n) is 11.2. The van der Waals surface area contributed by atoms with Gasteiger partial charge in [0.2, 0.25) is 0 Å². The smallest absolute Gasteiger partial charge is 0.337 e. The van der Waals surface area contributed by atoms with Crippen molar-refractivity contribution in [2.45, 2.75) is 18.8 Å². The summed E-state index contributed by atoms with van der Waals surface area (Å²) in [5.41, 5.74) is 2.64. The van der Waals surface area contributed by atoms with Gasteiger partial charge in [-0.25, -0.2) is 4.79 Å². The number of para-hydroxylation sites is 1. The van der Waals surface area contributed by atoms with Crippen LogP contribution in [0.2, 0.25) is 0 Å². The minimum atomic E-state index is -0.972. The van der Waals surface area contributed by atoms with Gasteiger partial charge in [0.05, 0.1) is 12.7 Å². The number of aromatic carboxylic acids is 1. The highest BCUT2D eigenvalue weighted by Gasteiger charge is 2.27. The Morgan fingerprint density at radius 2 is 2.05 bits per heavy atom. The number of hydrogen-bond donors (Lipinski definition) is 1. The number of hydrogen-bond acceptors (Lipinski definition) is 3. The molecule has 0 atom stereocenters. The molecule has 0 bridgehead atoms.